The molecule has 12 nitrogen and oxygen atoms in total. The highest BCUT2D eigenvalue weighted by atomic mass is 32.2. The zero-order chi connectivity index (χ0) is 37.7. The fourth-order valence-electron chi connectivity index (χ4n) is 9.20. The molecule has 6 heterocycles. The first-order chi connectivity index (χ1) is 25.7. The molecule has 0 radical (unpaired) electrons. The van der Waals surface area contributed by atoms with Crippen LogP contribution in [0.4, 0.5) is 11.4 Å². The number of carbonyl (C=O) groups is 1. The maximum atomic E-state index is 13.2. The van der Waals surface area contributed by atoms with E-state index in [1.807, 2.05) is 24.3 Å². The van der Waals surface area contributed by atoms with E-state index in [2.05, 4.69) is 87.2 Å². The van der Waals surface area contributed by atoms with Crippen LogP contribution in [0.1, 0.15) is 68.6 Å². The number of amides is 1. The molecule has 1 amide bonds. The van der Waals surface area contributed by atoms with Crippen molar-refractivity contribution in [3.8, 4) is 11.4 Å². The number of aryl methyl sites for hydroxylation is 1. The molecular weight excluding hydrogens is 703 g/mol. The summed E-state index contributed by atoms with van der Waals surface area (Å²) in [5, 5.41) is 19.2. The molecule has 0 spiro atoms. The lowest BCUT2D eigenvalue weighted by Gasteiger charge is -2.42. The number of nitrogens with one attached hydrogen (secondary N) is 1. The van der Waals surface area contributed by atoms with Crippen LogP contribution >= 0.6 is 0 Å². The zero-order valence-electron chi connectivity index (χ0n) is 30.9. The molecule has 2 atom stereocenters. The number of ether oxygens (including phenoxy) is 1. The summed E-state index contributed by atoms with van der Waals surface area (Å²) in [4.78, 5) is 15.4. The minimum absolute atomic E-state index is 0.0353. The van der Waals surface area contributed by atoms with E-state index in [4.69, 9.17) is 4.74 Å². The quantitative estimate of drug-likeness (QED) is 0.213. The van der Waals surface area contributed by atoms with Crippen LogP contribution in [0.15, 0.2) is 88.5 Å². The number of benzene rings is 3. The van der Waals surface area contributed by atoms with Crippen LogP contribution < -0.4 is 10.2 Å². The van der Waals surface area contributed by atoms with E-state index >= 15 is 0 Å². The van der Waals surface area contributed by atoms with Gasteiger partial charge in [-0.1, -0.05) is 50.2 Å². The molecule has 2 unspecified atom stereocenters. The summed E-state index contributed by atoms with van der Waals surface area (Å²) in [6.07, 6.45) is 4.17. The van der Waals surface area contributed by atoms with E-state index < -0.39 is 15.5 Å². The van der Waals surface area contributed by atoms with E-state index in [0.29, 0.717) is 18.2 Å². The van der Waals surface area contributed by atoms with Gasteiger partial charge in [0.05, 0.1) is 28.9 Å². The molecule has 0 aliphatic carbocycles. The second-order valence-electron chi connectivity index (χ2n) is 15.9. The van der Waals surface area contributed by atoms with E-state index in [-0.39, 0.29) is 34.8 Å². The lowest BCUT2D eigenvalue weighted by atomic mass is 9.74. The highest BCUT2D eigenvalue weighted by Crippen LogP contribution is 2.54. The molecule has 0 saturated heterocycles. The van der Waals surface area contributed by atoms with E-state index in [9.17, 15) is 17.8 Å². The molecule has 0 bridgehead atoms. The first kappa shape index (κ1) is 34.6. The van der Waals surface area contributed by atoms with Crippen LogP contribution in [0.3, 0.4) is 0 Å². The van der Waals surface area contributed by atoms with Gasteiger partial charge in [0.15, 0.2) is 18.1 Å². The summed E-state index contributed by atoms with van der Waals surface area (Å²) in [6, 6.07) is 18.8. The van der Waals surface area contributed by atoms with Gasteiger partial charge >= 0.3 is 0 Å². The van der Waals surface area contributed by atoms with Crippen LogP contribution in [0, 0.1) is 6.92 Å². The molecule has 3 aromatic carbocycles. The van der Waals surface area contributed by atoms with Crippen LogP contribution in [0.5, 0.6) is 0 Å². The van der Waals surface area contributed by atoms with Crippen molar-refractivity contribution in [2.75, 3.05) is 18.0 Å². The van der Waals surface area contributed by atoms with Gasteiger partial charge in [-0.15, -0.1) is 20.4 Å². The Morgan fingerprint density at radius 1 is 0.926 bits per heavy atom. The Kier molecular flexibility index (Phi) is 7.83. The lowest BCUT2D eigenvalue weighted by Crippen LogP contribution is -2.47. The largest absolute Gasteiger partial charge is 0.744 e. The molecule has 54 heavy (non-hydrogen) atoms. The van der Waals surface area contributed by atoms with Gasteiger partial charge in [0.2, 0.25) is 17.4 Å². The number of nitrogens with zero attached hydrogens (tertiary/aromatic N) is 6. The van der Waals surface area contributed by atoms with Gasteiger partial charge in [-0.25, -0.2) is 8.42 Å². The molecule has 0 saturated carbocycles. The third kappa shape index (κ3) is 5.51. The van der Waals surface area contributed by atoms with E-state index in [1.54, 1.807) is 19.1 Å². The second-order valence-corrected chi connectivity index (χ2v) is 17.3. The number of allylic oxidation sites excluding steroid dienone is 1. The summed E-state index contributed by atoms with van der Waals surface area (Å²) in [5.74, 6) is 0.913. The normalized spacial score (nSPS) is 21.7. The average molecular weight is 744 g/mol. The van der Waals surface area contributed by atoms with Gasteiger partial charge in [-0.2, -0.15) is 4.58 Å². The Labute approximate surface area is 314 Å². The summed E-state index contributed by atoms with van der Waals surface area (Å²) >= 11 is 0. The predicted octanol–water partition coefficient (Wildman–Crippen LogP) is 4.93. The standard InChI is InChI=1S/C41H41N7O5S/c1-23-43-45-39(46-44-23)26-9-6-24(7-10-26)22-42-36(49)19-25-8-12-32-30(18-25)40(2,3)37-28-21-29-35(53-34(28)14-16-47(32)37)15-17-48-33-13-11-27(54(50,51)52)20-31(33)41(4,5)38(29)48/h6-13,18,20-21,34-35H,14-17,19,22H2,1-5H3,(H-,42,49,50,51,52). The van der Waals surface area contributed by atoms with Crippen molar-refractivity contribution in [1.82, 2.24) is 25.7 Å². The molecule has 9 rings (SSSR count). The van der Waals surface area contributed by atoms with Crippen LogP contribution in [-0.4, -0.2) is 74.9 Å². The zero-order valence-corrected chi connectivity index (χ0v) is 31.7. The Morgan fingerprint density at radius 2 is 1.67 bits per heavy atom. The number of anilines is 1. The second kappa shape index (κ2) is 12.2. The van der Waals surface area contributed by atoms with Crippen LogP contribution in [0.25, 0.3) is 11.4 Å². The highest BCUT2D eigenvalue weighted by molar-refractivity contribution is 7.85. The number of carbonyl (C=O) groups excluding carboxylic acids is 1. The van der Waals surface area contributed by atoms with Gasteiger partial charge in [0, 0.05) is 64.6 Å². The Hall–Kier alpha value is -5.11. The van der Waals surface area contributed by atoms with Crippen molar-refractivity contribution in [2.24, 2.45) is 0 Å². The van der Waals surface area contributed by atoms with Crippen molar-refractivity contribution in [3.05, 3.63) is 112 Å². The topological polar surface area (TPSA) is 153 Å². The summed E-state index contributed by atoms with van der Waals surface area (Å²) in [5.41, 5.74) is 10.6. The lowest BCUT2D eigenvalue weighted by molar-refractivity contribution is -0.445. The van der Waals surface area contributed by atoms with Crippen LogP contribution in [-0.2, 0) is 43.4 Å². The first-order valence-corrected chi connectivity index (χ1v) is 19.8. The van der Waals surface area contributed by atoms with Crippen molar-refractivity contribution in [1.29, 1.82) is 0 Å². The number of aromatic nitrogens is 4. The van der Waals surface area contributed by atoms with Gasteiger partial charge in [0.25, 0.3) is 0 Å². The molecular formula is C41H41N7O5S. The fraction of sp³-hybridized carbons (Fsp3) is 0.366. The number of hydrogen-bond donors (Lipinski definition) is 1. The van der Waals surface area contributed by atoms with Crippen LogP contribution in [0.2, 0.25) is 0 Å². The summed E-state index contributed by atoms with van der Waals surface area (Å²) in [6.45, 7) is 12.4. The first-order valence-electron chi connectivity index (χ1n) is 18.4. The SMILES string of the molecule is Cc1nnc(-c2ccc(CNC(=O)Cc3ccc4c(c3)C(C)(C)C3=C5C=C6C7=[N+](CCC6OC5CCN34)c3ccc(S(=O)(=O)[O-])cc3C7(C)C)cc2)nn1. The van der Waals surface area contributed by atoms with Crippen molar-refractivity contribution >= 4 is 33.1 Å². The summed E-state index contributed by atoms with van der Waals surface area (Å²) < 4.78 is 45.1. The molecule has 5 aliphatic rings. The van der Waals surface area contributed by atoms with Gasteiger partial charge in [-0.05, 0) is 68.2 Å². The smallest absolute Gasteiger partial charge is 0.224 e. The van der Waals surface area contributed by atoms with Gasteiger partial charge in [0.1, 0.15) is 10.1 Å². The van der Waals surface area contributed by atoms with E-state index in [1.165, 1.54) is 22.9 Å². The molecule has 13 heteroatoms. The Bertz CT molecular complexity index is 2470. The number of fused-ring (bicyclic) bond motifs is 8. The van der Waals surface area contributed by atoms with Crippen molar-refractivity contribution in [3.63, 3.8) is 0 Å². The maximum Gasteiger partial charge on any atom is 0.224 e. The van der Waals surface area contributed by atoms with E-state index in [0.717, 1.165) is 70.8 Å². The molecule has 4 aromatic rings. The third-order valence-electron chi connectivity index (χ3n) is 11.7. The minimum Gasteiger partial charge on any atom is -0.744 e. The average Bonchev–Trinajstić information content (AvgIpc) is 3.52. The van der Waals surface area contributed by atoms with Crippen molar-refractivity contribution < 1.29 is 27.1 Å². The highest BCUT2D eigenvalue weighted by Gasteiger charge is 2.54. The number of hydrogen-bond acceptors (Lipinski definition) is 10. The molecule has 1 aromatic heterocycles. The van der Waals surface area contributed by atoms with Gasteiger partial charge in [-0.3, -0.25) is 4.79 Å². The minimum atomic E-state index is -4.59. The Balaban J connectivity index is 0.974. The predicted molar refractivity (Wildman–Crippen MR) is 200 cm³/mol. The fourth-order valence-corrected chi connectivity index (χ4v) is 9.70. The number of rotatable bonds is 6. The summed E-state index contributed by atoms with van der Waals surface area (Å²) in [7, 11) is -4.59. The third-order valence-corrected chi connectivity index (χ3v) is 12.6. The molecule has 1 N–H and O–H groups in total. The van der Waals surface area contributed by atoms with Gasteiger partial charge < -0.3 is 19.5 Å². The molecule has 0 fully saturated rings. The molecule has 5 aliphatic heterocycles. The Morgan fingerprint density at radius 3 is 2.41 bits per heavy atom. The van der Waals surface area contributed by atoms with Crippen molar-refractivity contribution in [2.45, 2.75) is 88.4 Å². The molecule has 276 valence electrons. The maximum absolute atomic E-state index is 13.2. The monoisotopic (exact) mass is 743 g/mol.